The van der Waals surface area contributed by atoms with Gasteiger partial charge in [0.25, 0.3) is 0 Å². The molecule has 5 nitrogen and oxygen atoms in total. The summed E-state index contributed by atoms with van der Waals surface area (Å²) < 4.78 is 66.0. The predicted octanol–water partition coefficient (Wildman–Crippen LogP) is 5.38. The number of hydrogen-bond donors (Lipinski definition) is 1. The van der Waals surface area contributed by atoms with Gasteiger partial charge in [0, 0.05) is 24.4 Å². The first-order valence-electron chi connectivity index (χ1n) is 11.3. The number of sulfonamides is 1. The zero-order chi connectivity index (χ0) is 24.8. The summed E-state index contributed by atoms with van der Waals surface area (Å²) in [5.41, 5.74) is 0.440. The zero-order valence-electron chi connectivity index (χ0n) is 19.0. The second-order valence-corrected chi connectivity index (χ2v) is 10.2. The third-order valence-corrected chi connectivity index (χ3v) is 7.49. The van der Waals surface area contributed by atoms with E-state index in [-0.39, 0.29) is 19.0 Å². The number of piperidine rings is 1. The third kappa shape index (κ3) is 6.93. The molecule has 1 fully saturated rings. The summed E-state index contributed by atoms with van der Waals surface area (Å²) in [6.07, 6.45) is -1.02. The minimum Gasteiger partial charge on any atom is -0.349 e. The Morgan fingerprint density at radius 2 is 1.79 bits per heavy atom. The van der Waals surface area contributed by atoms with Crippen LogP contribution in [0.3, 0.4) is 0 Å². The predicted molar refractivity (Wildman–Crippen MR) is 126 cm³/mol. The van der Waals surface area contributed by atoms with Crippen LogP contribution in [0.4, 0.5) is 13.2 Å². The lowest BCUT2D eigenvalue weighted by molar-refractivity contribution is -0.137. The van der Waals surface area contributed by atoms with Crippen LogP contribution >= 0.6 is 0 Å². The second-order valence-electron chi connectivity index (χ2n) is 8.40. The van der Waals surface area contributed by atoms with E-state index in [1.54, 1.807) is 24.3 Å². The Hall–Kier alpha value is -2.65. The molecule has 34 heavy (non-hydrogen) atoms. The number of halogens is 3. The van der Waals surface area contributed by atoms with Crippen molar-refractivity contribution in [3.63, 3.8) is 0 Å². The van der Waals surface area contributed by atoms with Gasteiger partial charge in [-0.1, -0.05) is 55.8 Å². The van der Waals surface area contributed by atoms with Crippen molar-refractivity contribution >= 4 is 22.0 Å². The number of nitrogens with one attached hydrogen (secondary N) is 1. The van der Waals surface area contributed by atoms with E-state index in [9.17, 15) is 26.4 Å². The molecule has 1 atom stereocenters. The Bertz CT molecular complexity index is 1090. The highest BCUT2D eigenvalue weighted by Crippen LogP contribution is 2.32. The van der Waals surface area contributed by atoms with Gasteiger partial charge in [-0.3, -0.25) is 4.79 Å². The van der Waals surface area contributed by atoms with Crippen molar-refractivity contribution in [3.8, 4) is 0 Å². The van der Waals surface area contributed by atoms with Gasteiger partial charge >= 0.3 is 6.18 Å². The average molecular weight is 495 g/mol. The molecule has 2 aromatic carbocycles. The minimum atomic E-state index is -4.45. The molecule has 1 saturated heterocycles. The quantitative estimate of drug-likeness (QED) is 0.536. The van der Waals surface area contributed by atoms with Crippen molar-refractivity contribution in [2.24, 2.45) is 5.92 Å². The Balaban J connectivity index is 1.61. The molecule has 1 heterocycles. The van der Waals surface area contributed by atoms with Crippen LogP contribution in [0.5, 0.6) is 0 Å². The summed E-state index contributed by atoms with van der Waals surface area (Å²) >= 11 is 0. The maximum atomic E-state index is 13.1. The minimum absolute atomic E-state index is 0.210. The number of amides is 1. The van der Waals surface area contributed by atoms with Crippen molar-refractivity contribution in [3.05, 3.63) is 76.7 Å². The molecule has 1 aliphatic rings. The van der Waals surface area contributed by atoms with Gasteiger partial charge in [0.2, 0.25) is 15.9 Å². The zero-order valence-corrected chi connectivity index (χ0v) is 19.8. The first kappa shape index (κ1) is 26.0. The number of benzene rings is 2. The van der Waals surface area contributed by atoms with Crippen LogP contribution in [-0.2, 0) is 21.0 Å². The Morgan fingerprint density at radius 1 is 1.12 bits per heavy atom. The largest absolute Gasteiger partial charge is 0.416 e. The van der Waals surface area contributed by atoms with Crippen molar-refractivity contribution in [2.75, 3.05) is 13.1 Å². The first-order chi connectivity index (χ1) is 16.1. The van der Waals surface area contributed by atoms with E-state index in [1.807, 2.05) is 25.1 Å². The first-order valence-corrected chi connectivity index (χ1v) is 12.8. The Labute approximate surface area is 198 Å². The molecule has 1 amide bonds. The van der Waals surface area contributed by atoms with Crippen molar-refractivity contribution < 1.29 is 26.4 Å². The van der Waals surface area contributed by atoms with E-state index in [2.05, 4.69) is 5.32 Å². The van der Waals surface area contributed by atoms with Gasteiger partial charge in [0.15, 0.2) is 0 Å². The summed E-state index contributed by atoms with van der Waals surface area (Å²) in [6.45, 7) is 2.32. The SMILES string of the molecule is CCCC(NC(=O)C1CCN(S(=O)(=O)/C=C/c2ccccc2)CC1)c1cccc(C(F)(F)F)c1. The van der Waals surface area contributed by atoms with Crippen LogP contribution in [0.2, 0.25) is 0 Å². The van der Waals surface area contributed by atoms with Crippen LogP contribution in [0, 0.1) is 5.92 Å². The van der Waals surface area contributed by atoms with Crippen LogP contribution in [-0.4, -0.2) is 31.7 Å². The normalized spacial score (nSPS) is 17.1. The molecule has 1 unspecified atom stereocenters. The van der Waals surface area contributed by atoms with E-state index in [0.717, 1.165) is 17.7 Å². The highest BCUT2D eigenvalue weighted by molar-refractivity contribution is 7.92. The molecule has 0 saturated carbocycles. The van der Waals surface area contributed by atoms with E-state index >= 15 is 0 Å². The van der Waals surface area contributed by atoms with Gasteiger partial charge in [-0.05, 0) is 48.6 Å². The van der Waals surface area contributed by atoms with Crippen LogP contribution in [0.25, 0.3) is 6.08 Å². The summed E-state index contributed by atoms with van der Waals surface area (Å²) in [5, 5.41) is 4.07. The molecule has 0 radical (unpaired) electrons. The molecule has 0 aromatic heterocycles. The van der Waals surface area contributed by atoms with Crippen molar-refractivity contribution in [1.29, 1.82) is 0 Å². The summed E-state index contributed by atoms with van der Waals surface area (Å²) in [4.78, 5) is 12.9. The summed E-state index contributed by atoms with van der Waals surface area (Å²) in [6, 6.07) is 13.6. The van der Waals surface area contributed by atoms with E-state index < -0.39 is 33.7 Å². The van der Waals surface area contributed by atoms with Crippen LogP contribution in [0.15, 0.2) is 60.0 Å². The Morgan fingerprint density at radius 3 is 2.41 bits per heavy atom. The van der Waals surface area contributed by atoms with Gasteiger partial charge < -0.3 is 5.32 Å². The standard InChI is InChI=1S/C25H29F3N2O3S/c1-2-7-23(21-10-6-11-22(18-21)25(26,27)28)29-24(31)20-12-15-30(16-13-20)34(32,33)17-14-19-8-4-3-5-9-19/h3-6,8-11,14,17-18,20,23H,2,7,12-13,15-16H2,1H3,(H,29,31)/b17-14+. The summed E-state index contributed by atoms with van der Waals surface area (Å²) in [7, 11) is -3.61. The number of nitrogens with zero attached hydrogens (tertiary/aromatic N) is 1. The number of hydrogen-bond acceptors (Lipinski definition) is 3. The molecule has 0 aliphatic carbocycles. The third-order valence-electron chi connectivity index (χ3n) is 5.93. The lowest BCUT2D eigenvalue weighted by atomic mass is 9.95. The molecular formula is C25H29F3N2O3S. The fourth-order valence-corrected chi connectivity index (χ4v) is 5.24. The highest BCUT2D eigenvalue weighted by Gasteiger charge is 2.33. The number of carbonyl (C=O) groups excluding carboxylic acids is 1. The highest BCUT2D eigenvalue weighted by atomic mass is 32.2. The number of carbonyl (C=O) groups is 1. The molecule has 0 bridgehead atoms. The molecule has 2 aromatic rings. The number of rotatable bonds is 8. The van der Waals surface area contributed by atoms with E-state index in [1.165, 1.54) is 15.8 Å². The molecule has 184 valence electrons. The lowest BCUT2D eigenvalue weighted by Gasteiger charge is -2.31. The fraction of sp³-hybridized carbons (Fsp3) is 0.400. The van der Waals surface area contributed by atoms with E-state index in [4.69, 9.17) is 0 Å². The van der Waals surface area contributed by atoms with Crippen molar-refractivity contribution in [2.45, 2.75) is 44.8 Å². The molecule has 1 N–H and O–H groups in total. The molecular weight excluding hydrogens is 465 g/mol. The maximum absolute atomic E-state index is 13.1. The van der Waals surface area contributed by atoms with Crippen LogP contribution in [0.1, 0.15) is 55.3 Å². The Kier molecular flexibility index (Phi) is 8.54. The average Bonchev–Trinajstić information content (AvgIpc) is 2.83. The molecule has 0 spiro atoms. The van der Waals surface area contributed by atoms with Gasteiger partial charge in [-0.25, -0.2) is 8.42 Å². The number of alkyl halides is 3. The van der Waals surface area contributed by atoms with Gasteiger partial charge in [-0.15, -0.1) is 0 Å². The van der Waals surface area contributed by atoms with Gasteiger partial charge in [0.1, 0.15) is 0 Å². The maximum Gasteiger partial charge on any atom is 0.416 e. The fourth-order valence-electron chi connectivity index (χ4n) is 4.02. The van der Waals surface area contributed by atoms with Crippen molar-refractivity contribution in [1.82, 2.24) is 9.62 Å². The molecule has 3 rings (SSSR count). The smallest absolute Gasteiger partial charge is 0.349 e. The van der Waals surface area contributed by atoms with Crippen LogP contribution < -0.4 is 5.32 Å². The topological polar surface area (TPSA) is 66.5 Å². The molecule has 9 heteroatoms. The van der Waals surface area contributed by atoms with Gasteiger partial charge in [-0.2, -0.15) is 17.5 Å². The molecule has 1 aliphatic heterocycles. The van der Waals surface area contributed by atoms with Gasteiger partial charge in [0.05, 0.1) is 11.6 Å². The van der Waals surface area contributed by atoms with E-state index in [0.29, 0.717) is 31.2 Å². The second kappa shape index (κ2) is 11.2. The monoisotopic (exact) mass is 494 g/mol. The summed E-state index contributed by atoms with van der Waals surface area (Å²) in [5.74, 6) is -0.651. The lowest BCUT2D eigenvalue weighted by Crippen LogP contribution is -2.43.